The Morgan fingerprint density at radius 3 is 2.50 bits per heavy atom. The molecule has 0 unspecified atom stereocenters. The summed E-state index contributed by atoms with van der Waals surface area (Å²) >= 11 is 6.52. The predicted molar refractivity (Wildman–Crippen MR) is 112 cm³/mol. The Labute approximate surface area is 176 Å². The Morgan fingerprint density at radius 2 is 1.80 bits per heavy atom. The summed E-state index contributed by atoms with van der Waals surface area (Å²) in [6.45, 7) is 0. The van der Waals surface area contributed by atoms with E-state index in [4.69, 9.17) is 21.1 Å². The van der Waals surface area contributed by atoms with Gasteiger partial charge in [-0.05, 0) is 42.0 Å². The van der Waals surface area contributed by atoms with Crippen molar-refractivity contribution in [3.05, 3.63) is 87.3 Å². The van der Waals surface area contributed by atoms with Gasteiger partial charge in [-0.3, -0.25) is 4.79 Å². The zero-order valence-corrected chi connectivity index (χ0v) is 17.0. The van der Waals surface area contributed by atoms with E-state index in [0.717, 1.165) is 11.3 Å². The first-order valence-corrected chi connectivity index (χ1v) is 9.42. The fourth-order valence-corrected chi connectivity index (χ4v) is 3.61. The smallest absolute Gasteiger partial charge is 0.281 e. The Morgan fingerprint density at radius 1 is 1.03 bits per heavy atom. The first-order valence-electron chi connectivity index (χ1n) is 9.04. The zero-order valence-electron chi connectivity index (χ0n) is 16.2. The van der Waals surface area contributed by atoms with Crippen LogP contribution in [-0.4, -0.2) is 28.8 Å². The van der Waals surface area contributed by atoms with Gasteiger partial charge in [-0.1, -0.05) is 23.7 Å². The number of hydrogen-bond donors (Lipinski definition) is 0. The lowest BCUT2D eigenvalue weighted by Crippen LogP contribution is -2.14. The maximum atomic E-state index is 13.1. The standard InChI is InChI=1S/C22H17ClFN3O3/c1-29-18-10-8-16(20(23)21(18)30-2)19-17-9-7-15(26-27(17)12-25-22(19)28)11-13-3-5-14(24)6-4-13/h3-10,12H,11H2,1-2H3. The molecule has 0 bridgehead atoms. The average molecular weight is 426 g/mol. The second kappa shape index (κ2) is 8.12. The molecule has 0 aliphatic rings. The molecule has 30 heavy (non-hydrogen) atoms. The number of methoxy groups -OCH3 is 2. The molecule has 0 aliphatic carbocycles. The van der Waals surface area contributed by atoms with Gasteiger partial charge >= 0.3 is 0 Å². The second-order valence-corrected chi connectivity index (χ2v) is 6.92. The Bertz CT molecular complexity index is 1290. The molecule has 2 heterocycles. The van der Waals surface area contributed by atoms with Crippen molar-refractivity contribution in [2.24, 2.45) is 0 Å². The van der Waals surface area contributed by atoms with Crippen LogP contribution in [0.1, 0.15) is 11.3 Å². The monoisotopic (exact) mass is 425 g/mol. The highest BCUT2D eigenvalue weighted by Crippen LogP contribution is 2.41. The lowest BCUT2D eigenvalue weighted by atomic mass is 10.0. The van der Waals surface area contributed by atoms with E-state index in [1.54, 1.807) is 30.3 Å². The molecular weight excluding hydrogens is 409 g/mol. The minimum Gasteiger partial charge on any atom is -0.493 e. The highest BCUT2D eigenvalue weighted by molar-refractivity contribution is 6.35. The number of nitrogens with zero attached hydrogens (tertiary/aromatic N) is 3. The number of ether oxygens (including phenoxy) is 2. The van der Waals surface area contributed by atoms with Crippen molar-refractivity contribution in [2.75, 3.05) is 14.2 Å². The molecule has 152 valence electrons. The molecular formula is C22H17ClFN3O3. The Kier molecular flexibility index (Phi) is 5.37. The van der Waals surface area contributed by atoms with Gasteiger partial charge in [-0.15, -0.1) is 0 Å². The minimum absolute atomic E-state index is 0.249. The fourth-order valence-electron chi connectivity index (χ4n) is 3.29. The van der Waals surface area contributed by atoms with Crippen LogP contribution in [0.15, 0.2) is 59.7 Å². The summed E-state index contributed by atoms with van der Waals surface area (Å²) in [7, 11) is 2.99. The third-order valence-corrected chi connectivity index (χ3v) is 5.10. The number of rotatable bonds is 5. The summed E-state index contributed by atoms with van der Waals surface area (Å²) in [6, 6.07) is 13.2. The summed E-state index contributed by atoms with van der Waals surface area (Å²) in [5.41, 5.74) is 2.55. The van der Waals surface area contributed by atoms with Gasteiger partial charge in [0, 0.05) is 12.0 Å². The molecule has 0 aliphatic heterocycles. The van der Waals surface area contributed by atoms with Crippen LogP contribution in [0, 0.1) is 5.82 Å². The molecule has 0 atom stereocenters. The van der Waals surface area contributed by atoms with E-state index in [2.05, 4.69) is 10.1 Å². The van der Waals surface area contributed by atoms with Crippen molar-refractivity contribution in [1.29, 1.82) is 0 Å². The first kappa shape index (κ1) is 19.8. The molecule has 0 fully saturated rings. The van der Waals surface area contributed by atoms with Crippen molar-refractivity contribution < 1.29 is 13.9 Å². The number of halogens is 2. The average Bonchev–Trinajstić information content (AvgIpc) is 2.75. The van der Waals surface area contributed by atoms with Gasteiger partial charge < -0.3 is 9.47 Å². The Hall–Kier alpha value is -3.45. The summed E-state index contributed by atoms with van der Waals surface area (Å²) in [5, 5.41) is 4.80. The quantitative estimate of drug-likeness (QED) is 0.480. The van der Waals surface area contributed by atoms with Crippen LogP contribution in [0.4, 0.5) is 4.39 Å². The van der Waals surface area contributed by atoms with Gasteiger partial charge in [-0.25, -0.2) is 8.91 Å². The van der Waals surface area contributed by atoms with Crippen LogP contribution < -0.4 is 15.0 Å². The van der Waals surface area contributed by atoms with Gasteiger partial charge in [0.05, 0.1) is 36.0 Å². The third kappa shape index (κ3) is 3.59. The maximum absolute atomic E-state index is 13.1. The Balaban J connectivity index is 1.83. The molecule has 8 heteroatoms. The number of aromatic nitrogens is 3. The second-order valence-electron chi connectivity index (χ2n) is 6.55. The normalized spacial score (nSPS) is 10.9. The SMILES string of the molecule is COc1ccc(-c2c(=O)ncn3nc(Cc4ccc(F)cc4)ccc23)c(Cl)c1OC. The number of hydrogen-bond acceptors (Lipinski definition) is 5. The molecule has 0 spiro atoms. The van der Waals surface area contributed by atoms with Crippen molar-refractivity contribution in [3.63, 3.8) is 0 Å². The minimum atomic E-state index is -0.433. The van der Waals surface area contributed by atoms with E-state index in [-0.39, 0.29) is 10.8 Å². The number of benzene rings is 2. The molecule has 6 nitrogen and oxygen atoms in total. The highest BCUT2D eigenvalue weighted by Gasteiger charge is 2.19. The van der Waals surface area contributed by atoms with Gasteiger partial charge in [-0.2, -0.15) is 10.1 Å². The van der Waals surface area contributed by atoms with Gasteiger partial charge in [0.15, 0.2) is 11.5 Å². The van der Waals surface area contributed by atoms with Crippen molar-refractivity contribution >= 4 is 17.1 Å². The molecule has 0 radical (unpaired) electrons. The summed E-state index contributed by atoms with van der Waals surface area (Å²) in [6.07, 6.45) is 1.87. The molecule has 2 aromatic heterocycles. The van der Waals surface area contributed by atoms with Crippen molar-refractivity contribution in [2.45, 2.75) is 6.42 Å². The van der Waals surface area contributed by atoms with Crippen LogP contribution in [-0.2, 0) is 6.42 Å². The predicted octanol–water partition coefficient (Wildman–Crippen LogP) is 4.16. The lowest BCUT2D eigenvalue weighted by molar-refractivity contribution is 0.355. The third-order valence-electron chi connectivity index (χ3n) is 4.72. The van der Waals surface area contributed by atoms with Gasteiger partial charge in [0.1, 0.15) is 12.1 Å². The van der Waals surface area contributed by atoms with E-state index in [9.17, 15) is 9.18 Å². The van der Waals surface area contributed by atoms with E-state index >= 15 is 0 Å². The van der Waals surface area contributed by atoms with Gasteiger partial charge in [0.2, 0.25) is 0 Å². The van der Waals surface area contributed by atoms with E-state index in [1.165, 1.54) is 37.2 Å². The largest absolute Gasteiger partial charge is 0.493 e. The highest BCUT2D eigenvalue weighted by atomic mass is 35.5. The molecule has 4 aromatic rings. The number of fused-ring (bicyclic) bond motifs is 1. The first-order chi connectivity index (χ1) is 14.5. The van der Waals surface area contributed by atoms with E-state index in [0.29, 0.717) is 34.6 Å². The molecule has 0 saturated heterocycles. The van der Waals surface area contributed by atoms with Crippen LogP contribution in [0.5, 0.6) is 11.5 Å². The topological polar surface area (TPSA) is 65.7 Å². The van der Waals surface area contributed by atoms with Crippen LogP contribution in [0.3, 0.4) is 0 Å². The molecule has 2 aromatic carbocycles. The zero-order chi connectivity index (χ0) is 21.3. The lowest BCUT2D eigenvalue weighted by Gasteiger charge is -2.14. The fraction of sp³-hybridized carbons (Fsp3) is 0.136. The van der Waals surface area contributed by atoms with Crippen LogP contribution in [0.25, 0.3) is 16.6 Å². The summed E-state index contributed by atoms with van der Waals surface area (Å²) in [4.78, 5) is 16.6. The molecule has 0 N–H and O–H groups in total. The van der Waals surface area contributed by atoms with Crippen molar-refractivity contribution in [1.82, 2.24) is 14.6 Å². The van der Waals surface area contributed by atoms with Crippen molar-refractivity contribution in [3.8, 4) is 22.6 Å². The van der Waals surface area contributed by atoms with Crippen LogP contribution in [0.2, 0.25) is 5.02 Å². The molecule has 0 amide bonds. The maximum Gasteiger partial charge on any atom is 0.281 e. The van der Waals surface area contributed by atoms with Gasteiger partial charge in [0.25, 0.3) is 5.56 Å². The molecule has 4 rings (SSSR count). The van der Waals surface area contributed by atoms with E-state index < -0.39 is 5.56 Å². The van der Waals surface area contributed by atoms with E-state index in [1.807, 2.05) is 6.07 Å². The molecule has 0 saturated carbocycles. The summed E-state index contributed by atoms with van der Waals surface area (Å²) < 4.78 is 25.3. The van der Waals surface area contributed by atoms with Crippen LogP contribution >= 0.6 is 11.6 Å². The summed E-state index contributed by atoms with van der Waals surface area (Å²) in [5.74, 6) is 0.501.